The molecule has 1 aromatic rings. The van der Waals surface area contributed by atoms with E-state index in [-0.39, 0.29) is 17.8 Å². The van der Waals surface area contributed by atoms with E-state index < -0.39 is 9.84 Å². The summed E-state index contributed by atoms with van der Waals surface area (Å²) in [6, 6.07) is 6.29. The van der Waals surface area contributed by atoms with Crippen LogP contribution in [0.25, 0.3) is 0 Å². The standard InChI is InChI=1S/C15H23NO3S/c1-4-14(16-12-7-8-20(17,18)10-12)13-9-11(2)5-6-15(13)19-3/h5-6,9,12,14,16H,4,7-8,10H2,1-3H3/t12-,14+/m0/s1. The predicted molar refractivity (Wildman–Crippen MR) is 81.0 cm³/mol. The Kier molecular flexibility index (Phi) is 4.70. The van der Waals surface area contributed by atoms with Crippen LogP contribution in [0, 0.1) is 6.92 Å². The van der Waals surface area contributed by atoms with E-state index in [0.29, 0.717) is 12.2 Å². The summed E-state index contributed by atoms with van der Waals surface area (Å²) in [7, 11) is -1.18. The van der Waals surface area contributed by atoms with E-state index in [1.165, 1.54) is 5.56 Å². The van der Waals surface area contributed by atoms with Gasteiger partial charge in [-0.2, -0.15) is 0 Å². The molecule has 5 heteroatoms. The Morgan fingerprint density at radius 3 is 2.75 bits per heavy atom. The Morgan fingerprint density at radius 2 is 2.20 bits per heavy atom. The Morgan fingerprint density at radius 1 is 1.45 bits per heavy atom. The molecule has 0 aliphatic carbocycles. The van der Waals surface area contributed by atoms with Crippen molar-refractivity contribution in [2.75, 3.05) is 18.6 Å². The molecule has 0 unspecified atom stereocenters. The van der Waals surface area contributed by atoms with Crippen LogP contribution in [0.15, 0.2) is 18.2 Å². The molecule has 1 heterocycles. The van der Waals surface area contributed by atoms with Gasteiger partial charge < -0.3 is 10.1 Å². The van der Waals surface area contributed by atoms with Gasteiger partial charge in [0.15, 0.2) is 9.84 Å². The number of aryl methyl sites for hydroxylation is 1. The lowest BCUT2D eigenvalue weighted by Crippen LogP contribution is -2.33. The zero-order chi connectivity index (χ0) is 14.8. The summed E-state index contributed by atoms with van der Waals surface area (Å²) in [5.41, 5.74) is 2.29. The molecule has 1 aliphatic heterocycles. The molecule has 0 aromatic heterocycles. The van der Waals surface area contributed by atoms with Gasteiger partial charge in [0.25, 0.3) is 0 Å². The highest BCUT2D eigenvalue weighted by molar-refractivity contribution is 7.91. The van der Waals surface area contributed by atoms with Crippen molar-refractivity contribution in [3.8, 4) is 5.75 Å². The molecule has 1 fully saturated rings. The van der Waals surface area contributed by atoms with Gasteiger partial charge in [0.05, 0.1) is 18.6 Å². The van der Waals surface area contributed by atoms with Crippen LogP contribution in [0.1, 0.15) is 36.9 Å². The van der Waals surface area contributed by atoms with Crippen LogP contribution < -0.4 is 10.1 Å². The first-order chi connectivity index (χ1) is 9.45. The molecule has 1 saturated heterocycles. The Hall–Kier alpha value is -1.07. The van der Waals surface area contributed by atoms with E-state index in [2.05, 4.69) is 25.2 Å². The largest absolute Gasteiger partial charge is 0.496 e. The van der Waals surface area contributed by atoms with Crippen molar-refractivity contribution in [3.63, 3.8) is 0 Å². The third kappa shape index (κ3) is 3.52. The maximum atomic E-state index is 11.6. The monoisotopic (exact) mass is 297 g/mol. The second-order valence-corrected chi connectivity index (χ2v) is 7.70. The van der Waals surface area contributed by atoms with E-state index in [0.717, 1.165) is 17.7 Å². The van der Waals surface area contributed by atoms with E-state index >= 15 is 0 Å². The van der Waals surface area contributed by atoms with Gasteiger partial charge in [-0.05, 0) is 25.8 Å². The number of ether oxygens (including phenoxy) is 1. The molecule has 2 rings (SSSR count). The summed E-state index contributed by atoms with van der Waals surface area (Å²) in [6.45, 7) is 4.15. The Balaban J connectivity index is 2.18. The molecular formula is C15H23NO3S. The zero-order valence-corrected chi connectivity index (χ0v) is 13.2. The number of sulfone groups is 1. The zero-order valence-electron chi connectivity index (χ0n) is 12.3. The summed E-state index contributed by atoms with van der Waals surface area (Å²) in [6.07, 6.45) is 1.60. The van der Waals surface area contributed by atoms with Gasteiger partial charge in [-0.3, -0.25) is 0 Å². The van der Waals surface area contributed by atoms with Gasteiger partial charge in [-0.25, -0.2) is 8.42 Å². The van der Waals surface area contributed by atoms with Crippen LogP contribution in [-0.2, 0) is 9.84 Å². The molecule has 1 N–H and O–H groups in total. The first kappa shape index (κ1) is 15.3. The van der Waals surface area contributed by atoms with Crippen LogP contribution in [0.4, 0.5) is 0 Å². The third-order valence-corrected chi connectivity index (χ3v) is 5.61. The summed E-state index contributed by atoms with van der Waals surface area (Å²) >= 11 is 0. The highest BCUT2D eigenvalue weighted by Gasteiger charge is 2.29. The van der Waals surface area contributed by atoms with Crippen LogP contribution in [0.2, 0.25) is 0 Å². The van der Waals surface area contributed by atoms with Crippen molar-refractivity contribution in [3.05, 3.63) is 29.3 Å². The number of rotatable bonds is 5. The fourth-order valence-electron chi connectivity index (χ4n) is 2.76. The highest BCUT2D eigenvalue weighted by atomic mass is 32.2. The van der Waals surface area contributed by atoms with Crippen molar-refractivity contribution >= 4 is 9.84 Å². The Bertz CT molecular complexity index is 568. The lowest BCUT2D eigenvalue weighted by molar-refractivity contribution is 0.387. The number of nitrogens with one attached hydrogen (secondary N) is 1. The SMILES string of the molecule is CC[C@@H](N[C@H]1CCS(=O)(=O)C1)c1cc(C)ccc1OC. The molecular weight excluding hydrogens is 274 g/mol. The maximum Gasteiger partial charge on any atom is 0.151 e. The second-order valence-electron chi connectivity index (χ2n) is 5.47. The van der Waals surface area contributed by atoms with Crippen LogP contribution in [0.5, 0.6) is 5.75 Å². The molecule has 0 saturated carbocycles. The van der Waals surface area contributed by atoms with Crippen LogP contribution in [-0.4, -0.2) is 33.1 Å². The second kappa shape index (κ2) is 6.14. The van der Waals surface area contributed by atoms with Crippen LogP contribution in [0.3, 0.4) is 0 Å². The molecule has 20 heavy (non-hydrogen) atoms. The minimum absolute atomic E-state index is 0.0511. The van der Waals surface area contributed by atoms with Crippen molar-refractivity contribution in [1.29, 1.82) is 0 Å². The minimum atomic E-state index is -2.85. The van der Waals surface area contributed by atoms with Gasteiger partial charge in [0.1, 0.15) is 5.75 Å². The van der Waals surface area contributed by atoms with Gasteiger partial charge in [0.2, 0.25) is 0 Å². The molecule has 4 nitrogen and oxygen atoms in total. The van der Waals surface area contributed by atoms with Crippen molar-refractivity contribution in [2.24, 2.45) is 0 Å². The summed E-state index contributed by atoms with van der Waals surface area (Å²) in [4.78, 5) is 0. The first-order valence-electron chi connectivity index (χ1n) is 7.06. The van der Waals surface area contributed by atoms with E-state index in [4.69, 9.17) is 4.74 Å². The van der Waals surface area contributed by atoms with E-state index in [1.807, 2.05) is 12.1 Å². The number of methoxy groups -OCH3 is 1. The molecule has 2 atom stereocenters. The molecule has 1 aliphatic rings. The molecule has 0 radical (unpaired) electrons. The minimum Gasteiger partial charge on any atom is -0.496 e. The summed E-state index contributed by atoms with van der Waals surface area (Å²) in [5.74, 6) is 1.40. The molecule has 1 aromatic carbocycles. The smallest absolute Gasteiger partial charge is 0.151 e. The van der Waals surface area contributed by atoms with Gasteiger partial charge in [-0.1, -0.05) is 24.6 Å². The average molecular weight is 297 g/mol. The van der Waals surface area contributed by atoms with Crippen molar-refractivity contribution in [2.45, 2.75) is 38.8 Å². The third-order valence-electron chi connectivity index (χ3n) is 3.84. The van der Waals surface area contributed by atoms with E-state index in [9.17, 15) is 8.42 Å². The fourth-order valence-corrected chi connectivity index (χ4v) is 4.45. The lowest BCUT2D eigenvalue weighted by atomic mass is 10.00. The molecule has 0 spiro atoms. The predicted octanol–water partition coefficient (Wildman–Crippen LogP) is 2.23. The van der Waals surface area contributed by atoms with Crippen LogP contribution >= 0.6 is 0 Å². The molecule has 112 valence electrons. The summed E-state index contributed by atoms with van der Waals surface area (Å²) in [5, 5.41) is 3.48. The number of benzene rings is 1. The number of hydrogen-bond donors (Lipinski definition) is 1. The quantitative estimate of drug-likeness (QED) is 0.905. The normalized spacial score (nSPS) is 22.6. The average Bonchev–Trinajstić information content (AvgIpc) is 2.75. The van der Waals surface area contributed by atoms with Gasteiger partial charge in [0, 0.05) is 17.6 Å². The highest BCUT2D eigenvalue weighted by Crippen LogP contribution is 2.29. The Labute approximate surface area is 121 Å². The van der Waals surface area contributed by atoms with Crippen molar-refractivity contribution in [1.82, 2.24) is 5.32 Å². The lowest BCUT2D eigenvalue weighted by Gasteiger charge is -2.23. The molecule has 0 amide bonds. The van der Waals surface area contributed by atoms with E-state index in [1.54, 1.807) is 7.11 Å². The maximum absolute atomic E-state index is 11.6. The molecule has 0 bridgehead atoms. The van der Waals surface area contributed by atoms with Crippen molar-refractivity contribution < 1.29 is 13.2 Å². The van der Waals surface area contributed by atoms with Gasteiger partial charge in [-0.15, -0.1) is 0 Å². The summed E-state index contributed by atoms with van der Waals surface area (Å²) < 4.78 is 28.5. The van der Waals surface area contributed by atoms with Gasteiger partial charge >= 0.3 is 0 Å². The fraction of sp³-hybridized carbons (Fsp3) is 0.600. The number of hydrogen-bond acceptors (Lipinski definition) is 4. The topological polar surface area (TPSA) is 55.4 Å². The first-order valence-corrected chi connectivity index (χ1v) is 8.88.